The van der Waals surface area contributed by atoms with Crippen LogP contribution in [0, 0.1) is 10.7 Å². The zero-order valence-corrected chi connectivity index (χ0v) is 12.4. The Kier molecular flexibility index (Phi) is 4.04. The molecular formula is C7H2I3O3-. The molecule has 0 atom stereocenters. The summed E-state index contributed by atoms with van der Waals surface area (Å²) in [7, 11) is 0. The van der Waals surface area contributed by atoms with Gasteiger partial charge >= 0.3 is 5.97 Å². The fraction of sp³-hybridized carbons (Fsp3) is 0. The molecule has 0 unspecified atom stereocenters. The zero-order chi connectivity index (χ0) is 10.2. The highest BCUT2D eigenvalue weighted by molar-refractivity contribution is 14.1. The molecule has 1 N–H and O–H groups in total. The molecule has 0 aliphatic rings. The van der Waals surface area contributed by atoms with Gasteiger partial charge in [-0.15, -0.1) is 0 Å². The van der Waals surface area contributed by atoms with Gasteiger partial charge in [-0.25, -0.2) is 4.79 Å². The van der Waals surface area contributed by atoms with E-state index in [4.69, 9.17) is 5.11 Å². The van der Waals surface area contributed by atoms with E-state index in [-0.39, 0.29) is 11.3 Å². The Balaban J connectivity index is 3.50. The summed E-state index contributed by atoms with van der Waals surface area (Å²) in [5.41, 5.74) is 0.189. The van der Waals surface area contributed by atoms with Gasteiger partial charge in [0.05, 0.1) is 5.56 Å². The summed E-state index contributed by atoms with van der Waals surface area (Å²) >= 11 is 5.58. The van der Waals surface area contributed by atoms with Crippen LogP contribution in [0.3, 0.4) is 0 Å². The lowest BCUT2D eigenvalue weighted by molar-refractivity contribution is -0.271. The summed E-state index contributed by atoms with van der Waals surface area (Å²) in [4.78, 5) is 10.7. The third kappa shape index (κ3) is 2.37. The molecule has 0 aromatic heterocycles. The van der Waals surface area contributed by atoms with Crippen molar-refractivity contribution in [2.45, 2.75) is 0 Å². The molecule has 13 heavy (non-hydrogen) atoms. The van der Waals surface area contributed by atoms with Gasteiger partial charge in [0.1, 0.15) is 0 Å². The highest BCUT2D eigenvalue weighted by atomic mass is 127. The SMILES string of the molecule is O=C(O)c1cc(I)c([O-])c(I)c1I. The topological polar surface area (TPSA) is 60.4 Å². The molecule has 1 rings (SSSR count). The molecular weight excluding hydrogens is 513 g/mol. The molecule has 1 aromatic carbocycles. The number of aromatic carboxylic acids is 1. The average Bonchev–Trinajstić information content (AvgIpc) is 2.07. The van der Waals surface area contributed by atoms with Crippen molar-refractivity contribution in [3.63, 3.8) is 0 Å². The molecule has 0 amide bonds. The van der Waals surface area contributed by atoms with E-state index >= 15 is 0 Å². The Morgan fingerprint density at radius 1 is 1.31 bits per heavy atom. The van der Waals surface area contributed by atoms with Crippen LogP contribution in [0.5, 0.6) is 5.75 Å². The van der Waals surface area contributed by atoms with E-state index in [0.717, 1.165) is 0 Å². The van der Waals surface area contributed by atoms with E-state index in [9.17, 15) is 9.90 Å². The normalized spacial score (nSPS) is 10.1. The summed E-state index contributed by atoms with van der Waals surface area (Å²) in [6, 6.07) is 1.40. The van der Waals surface area contributed by atoms with Crippen LogP contribution in [0.25, 0.3) is 0 Å². The van der Waals surface area contributed by atoms with Gasteiger partial charge in [0.15, 0.2) is 0 Å². The predicted molar refractivity (Wildman–Crippen MR) is 71.0 cm³/mol. The van der Waals surface area contributed by atoms with E-state index < -0.39 is 5.97 Å². The maximum absolute atomic E-state index is 11.4. The van der Waals surface area contributed by atoms with Gasteiger partial charge in [-0.05, 0) is 73.8 Å². The van der Waals surface area contributed by atoms with Gasteiger partial charge in [0.2, 0.25) is 0 Å². The largest absolute Gasteiger partial charge is 0.871 e. The summed E-state index contributed by atoms with van der Waals surface area (Å²) in [6.45, 7) is 0. The Labute approximate surface area is 115 Å². The first-order valence-corrected chi connectivity index (χ1v) is 6.26. The van der Waals surface area contributed by atoms with Crippen LogP contribution in [0.15, 0.2) is 6.07 Å². The van der Waals surface area contributed by atoms with Gasteiger partial charge in [0.25, 0.3) is 0 Å². The second-order valence-electron chi connectivity index (χ2n) is 2.17. The van der Waals surface area contributed by atoms with E-state index in [0.29, 0.717) is 10.7 Å². The zero-order valence-electron chi connectivity index (χ0n) is 5.97. The summed E-state index contributed by atoms with van der Waals surface area (Å²) in [5.74, 6) is -1.10. The van der Waals surface area contributed by atoms with Crippen molar-refractivity contribution in [2.24, 2.45) is 0 Å². The van der Waals surface area contributed by atoms with Crippen molar-refractivity contribution >= 4 is 73.7 Å². The van der Waals surface area contributed by atoms with Crippen molar-refractivity contribution < 1.29 is 15.0 Å². The Bertz CT molecular complexity index is 376. The van der Waals surface area contributed by atoms with Crippen molar-refractivity contribution in [2.75, 3.05) is 0 Å². The highest BCUT2D eigenvalue weighted by Crippen LogP contribution is 2.30. The van der Waals surface area contributed by atoms with Gasteiger partial charge in [-0.3, -0.25) is 0 Å². The fourth-order valence-corrected chi connectivity index (χ4v) is 3.04. The van der Waals surface area contributed by atoms with E-state index in [1.165, 1.54) is 6.07 Å². The number of carboxylic acids is 1. The van der Waals surface area contributed by atoms with E-state index in [1.807, 2.05) is 67.8 Å². The lowest BCUT2D eigenvalue weighted by atomic mass is 10.2. The summed E-state index contributed by atoms with van der Waals surface area (Å²) in [5, 5.41) is 20.1. The second kappa shape index (κ2) is 4.47. The maximum Gasteiger partial charge on any atom is 0.336 e. The number of carboxylic acid groups (broad SMARTS) is 1. The van der Waals surface area contributed by atoms with E-state index in [2.05, 4.69) is 0 Å². The monoisotopic (exact) mass is 515 g/mol. The average molecular weight is 515 g/mol. The van der Waals surface area contributed by atoms with Crippen LogP contribution < -0.4 is 5.11 Å². The number of hydrogen-bond donors (Lipinski definition) is 1. The molecule has 6 heteroatoms. The number of carbonyl (C=O) groups is 1. The maximum atomic E-state index is 11.4. The van der Waals surface area contributed by atoms with Crippen LogP contribution in [-0.2, 0) is 0 Å². The van der Waals surface area contributed by atoms with Crippen molar-refractivity contribution in [3.8, 4) is 5.75 Å². The lowest BCUT2D eigenvalue weighted by Gasteiger charge is -2.14. The number of hydrogen-bond acceptors (Lipinski definition) is 2. The molecule has 0 saturated carbocycles. The molecule has 1 aromatic rings. The first kappa shape index (κ1) is 11.8. The van der Waals surface area contributed by atoms with Crippen LogP contribution >= 0.6 is 67.8 Å². The van der Waals surface area contributed by atoms with E-state index in [1.54, 1.807) is 0 Å². The molecule has 70 valence electrons. The minimum absolute atomic E-state index is 0.101. The first-order chi connectivity index (χ1) is 5.95. The molecule has 0 bridgehead atoms. The highest BCUT2D eigenvalue weighted by Gasteiger charge is 2.12. The Morgan fingerprint density at radius 3 is 2.31 bits per heavy atom. The van der Waals surface area contributed by atoms with Gasteiger partial charge in [-0.1, -0.05) is 5.75 Å². The summed E-state index contributed by atoms with van der Waals surface area (Å²) in [6.07, 6.45) is 0. The summed E-state index contributed by atoms with van der Waals surface area (Å²) < 4.78 is 1.43. The minimum Gasteiger partial charge on any atom is -0.871 e. The third-order valence-corrected chi connectivity index (χ3v) is 5.33. The molecule has 0 saturated heterocycles. The Morgan fingerprint density at radius 2 is 1.85 bits per heavy atom. The predicted octanol–water partition coefficient (Wildman–Crippen LogP) is 2.27. The lowest BCUT2D eigenvalue weighted by Crippen LogP contribution is -2.06. The molecule has 3 nitrogen and oxygen atoms in total. The number of benzene rings is 1. The Hall–Kier alpha value is 0.680. The smallest absolute Gasteiger partial charge is 0.336 e. The minimum atomic E-state index is -1.000. The van der Waals surface area contributed by atoms with Crippen molar-refractivity contribution in [1.82, 2.24) is 0 Å². The van der Waals surface area contributed by atoms with Gasteiger partial charge < -0.3 is 10.2 Å². The third-order valence-electron chi connectivity index (χ3n) is 1.35. The van der Waals surface area contributed by atoms with Crippen molar-refractivity contribution in [3.05, 3.63) is 22.3 Å². The molecule has 0 spiro atoms. The molecule has 0 fully saturated rings. The molecule has 0 heterocycles. The number of halogens is 3. The van der Waals surface area contributed by atoms with Crippen LogP contribution in [0.4, 0.5) is 0 Å². The van der Waals surface area contributed by atoms with Gasteiger partial charge in [-0.2, -0.15) is 0 Å². The van der Waals surface area contributed by atoms with Crippen LogP contribution in [0.2, 0.25) is 0 Å². The molecule has 0 aliphatic heterocycles. The molecule has 0 radical (unpaired) electrons. The quantitative estimate of drug-likeness (QED) is 0.462. The standard InChI is InChI=1S/C7H3I3O3/c8-3-1-2(7(12)13)4(9)5(10)6(3)11/h1,11H,(H,12,13)/p-1. The number of rotatable bonds is 1. The van der Waals surface area contributed by atoms with Crippen molar-refractivity contribution in [1.29, 1.82) is 0 Å². The molecule has 0 aliphatic carbocycles. The van der Waals surface area contributed by atoms with Crippen LogP contribution in [-0.4, -0.2) is 11.1 Å². The van der Waals surface area contributed by atoms with Crippen LogP contribution in [0.1, 0.15) is 10.4 Å². The van der Waals surface area contributed by atoms with Gasteiger partial charge in [0, 0.05) is 10.7 Å². The second-order valence-corrected chi connectivity index (χ2v) is 5.49. The first-order valence-electron chi connectivity index (χ1n) is 3.03. The fourth-order valence-electron chi connectivity index (χ4n) is 0.734.